The molecule has 0 radical (unpaired) electrons. The van der Waals surface area contributed by atoms with E-state index in [-0.39, 0.29) is 6.03 Å². The van der Waals surface area contributed by atoms with E-state index in [1.165, 1.54) is 0 Å². The minimum atomic E-state index is -0.390. The quantitative estimate of drug-likeness (QED) is 0.893. The SMILES string of the molecule is CN1CCN(c2ncc(NC(=O)Nc3ccccc3Cl)cn2)CC1. The van der Waals surface area contributed by atoms with Gasteiger partial charge in [-0.3, -0.25) is 0 Å². The van der Waals surface area contributed by atoms with Gasteiger partial charge in [0.15, 0.2) is 0 Å². The zero-order valence-corrected chi connectivity index (χ0v) is 14.1. The number of rotatable bonds is 3. The minimum Gasteiger partial charge on any atom is -0.338 e. The Labute approximate surface area is 145 Å². The number of amides is 2. The fourth-order valence-corrected chi connectivity index (χ4v) is 2.59. The van der Waals surface area contributed by atoms with Gasteiger partial charge in [-0.25, -0.2) is 14.8 Å². The maximum absolute atomic E-state index is 12.0. The zero-order valence-electron chi connectivity index (χ0n) is 13.4. The molecule has 2 aromatic rings. The first kappa shape index (κ1) is 16.5. The second-order valence-corrected chi connectivity index (χ2v) is 6.03. The number of likely N-dealkylation sites (N-methyl/N-ethyl adjacent to an activating group) is 1. The Bertz CT molecular complexity index is 700. The predicted octanol–water partition coefficient (Wildman–Crippen LogP) is 2.53. The third kappa shape index (κ3) is 4.12. The highest BCUT2D eigenvalue weighted by Gasteiger charge is 2.16. The van der Waals surface area contributed by atoms with Crippen LogP contribution in [-0.2, 0) is 0 Å². The third-order valence-electron chi connectivity index (χ3n) is 3.80. The lowest BCUT2D eigenvalue weighted by molar-refractivity contribution is 0.262. The van der Waals surface area contributed by atoms with Gasteiger partial charge in [-0.15, -0.1) is 0 Å². The number of aromatic nitrogens is 2. The van der Waals surface area contributed by atoms with Crippen LogP contribution < -0.4 is 15.5 Å². The number of anilines is 3. The van der Waals surface area contributed by atoms with Gasteiger partial charge in [0.25, 0.3) is 0 Å². The Hall–Kier alpha value is -2.38. The predicted molar refractivity (Wildman–Crippen MR) is 95.8 cm³/mol. The average Bonchev–Trinajstić information content (AvgIpc) is 2.58. The molecule has 24 heavy (non-hydrogen) atoms. The summed E-state index contributed by atoms with van der Waals surface area (Å²) in [7, 11) is 2.10. The smallest absolute Gasteiger partial charge is 0.323 e. The van der Waals surface area contributed by atoms with Crippen molar-refractivity contribution in [2.24, 2.45) is 0 Å². The molecule has 1 aromatic heterocycles. The number of hydrogen-bond acceptors (Lipinski definition) is 5. The largest absolute Gasteiger partial charge is 0.338 e. The number of urea groups is 1. The molecule has 3 rings (SSSR count). The van der Waals surface area contributed by atoms with Crippen LogP contribution in [0.5, 0.6) is 0 Å². The summed E-state index contributed by atoms with van der Waals surface area (Å²) >= 11 is 6.01. The van der Waals surface area contributed by atoms with Crippen LogP contribution in [0, 0.1) is 0 Å². The van der Waals surface area contributed by atoms with Crippen molar-refractivity contribution in [3.05, 3.63) is 41.7 Å². The molecule has 0 bridgehead atoms. The molecule has 1 aliphatic rings. The van der Waals surface area contributed by atoms with Gasteiger partial charge in [-0.2, -0.15) is 0 Å². The number of nitrogens with one attached hydrogen (secondary N) is 2. The Morgan fingerprint density at radius 1 is 1.08 bits per heavy atom. The summed E-state index contributed by atoms with van der Waals surface area (Å²) in [6.45, 7) is 3.78. The molecule has 2 amide bonds. The fraction of sp³-hybridized carbons (Fsp3) is 0.312. The fourth-order valence-electron chi connectivity index (χ4n) is 2.40. The van der Waals surface area contributed by atoms with Crippen molar-refractivity contribution in [3.8, 4) is 0 Å². The van der Waals surface area contributed by atoms with Gasteiger partial charge >= 0.3 is 6.03 Å². The van der Waals surface area contributed by atoms with Crippen LogP contribution in [0.4, 0.5) is 22.1 Å². The van der Waals surface area contributed by atoms with Gasteiger partial charge in [0.2, 0.25) is 5.95 Å². The van der Waals surface area contributed by atoms with Crippen molar-refractivity contribution < 1.29 is 4.79 Å². The highest BCUT2D eigenvalue weighted by molar-refractivity contribution is 6.33. The van der Waals surface area contributed by atoms with Crippen LogP contribution in [0.25, 0.3) is 0 Å². The molecule has 2 N–H and O–H groups in total. The second-order valence-electron chi connectivity index (χ2n) is 5.62. The lowest BCUT2D eigenvalue weighted by atomic mass is 10.3. The first-order valence-corrected chi connectivity index (χ1v) is 8.08. The van der Waals surface area contributed by atoms with Gasteiger partial charge in [0.1, 0.15) is 0 Å². The van der Waals surface area contributed by atoms with Crippen molar-refractivity contribution in [2.45, 2.75) is 0 Å². The summed E-state index contributed by atoms with van der Waals surface area (Å²) in [5.41, 5.74) is 1.07. The maximum atomic E-state index is 12.0. The molecule has 0 saturated carbocycles. The Morgan fingerprint density at radius 3 is 2.42 bits per heavy atom. The molecular weight excluding hydrogens is 328 g/mol. The minimum absolute atomic E-state index is 0.390. The lowest BCUT2D eigenvalue weighted by Crippen LogP contribution is -2.45. The van der Waals surface area contributed by atoms with Gasteiger partial charge in [-0.05, 0) is 19.2 Å². The Balaban J connectivity index is 1.58. The molecule has 1 saturated heterocycles. The summed E-state index contributed by atoms with van der Waals surface area (Å²) < 4.78 is 0. The van der Waals surface area contributed by atoms with E-state index in [0.717, 1.165) is 26.2 Å². The van der Waals surface area contributed by atoms with E-state index in [1.54, 1.807) is 36.7 Å². The maximum Gasteiger partial charge on any atom is 0.323 e. The molecule has 0 unspecified atom stereocenters. The molecule has 0 atom stereocenters. The Kier molecular flexibility index (Phi) is 5.12. The van der Waals surface area contributed by atoms with Crippen molar-refractivity contribution in [1.29, 1.82) is 0 Å². The van der Waals surface area contributed by atoms with E-state index in [1.807, 2.05) is 0 Å². The molecule has 0 spiro atoms. The van der Waals surface area contributed by atoms with Crippen molar-refractivity contribution in [1.82, 2.24) is 14.9 Å². The normalized spacial score (nSPS) is 15.2. The molecule has 8 heteroatoms. The van der Waals surface area contributed by atoms with Gasteiger partial charge in [-0.1, -0.05) is 23.7 Å². The number of benzene rings is 1. The van der Waals surface area contributed by atoms with Crippen LogP contribution >= 0.6 is 11.6 Å². The second kappa shape index (κ2) is 7.46. The number of carbonyl (C=O) groups excluding carboxylic acids is 1. The number of nitrogens with zero attached hydrogens (tertiary/aromatic N) is 4. The number of carbonyl (C=O) groups is 1. The number of hydrogen-bond donors (Lipinski definition) is 2. The molecular formula is C16H19ClN6O. The molecule has 1 aliphatic heterocycles. The van der Waals surface area contributed by atoms with E-state index in [0.29, 0.717) is 22.3 Å². The standard InChI is InChI=1S/C16H19ClN6O/c1-22-6-8-23(9-7-22)15-18-10-12(11-19-15)20-16(24)21-14-5-3-2-4-13(14)17/h2-5,10-11H,6-9H2,1H3,(H2,20,21,24). The monoisotopic (exact) mass is 346 g/mol. The summed E-state index contributed by atoms with van der Waals surface area (Å²) in [6, 6.07) is 6.66. The van der Waals surface area contributed by atoms with Crippen LogP contribution in [0.3, 0.4) is 0 Å². The molecule has 126 valence electrons. The first-order chi connectivity index (χ1) is 11.6. The third-order valence-corrected chi connectivity index (χ3v) is 4.13. The summed E-state index contributed by atoms with van der Waals surface area (Å²) in [5, 5.41) is 5.86. The summed E-state index contributed by atoms with van der Waals surface area (Å²) in [5.74, 6) is 0.681. The van der Waals surface area contributed by atoms with Gasteiger partial charge in [0, 0.05) is 26.2 Å². The van der Waals surface area contributed by atoms with Crippen LogP contribution in [0.2, 0.25) is 5.02 Å². The van der Waals surface area contributed by atoms with E-state index < -0.39 is 0 Å². The molecule has 2 heterocycles. The number of piperazine rings is 1. The van der Waals surface area contributed by atoms with Crippen LogP contribution in [0.15, 0.2) is 36.7 Å². The lowest BCUT2D eigenvalue weighted by Gasteiger charge is -2.32. The van der Waals surface area contributed by atoms with Crippen LogP contribution in [-0.4, -0.2) is 54.1 Å². The highest BCUT2D eigenvalue weighted by Crippen LogP contribution is 2.20. The van der Waals surface area contributed by atoms with E-state index >= 15 is 0 Å². The molecule has 7 nitrogen and oxygen atoms in total. The number of halogens is 1. The average molecular weight is 347 g/mol. The highest BCUT2D eigenvalue weighted by atomic mass is 35.5. The molecule has 1 fully saturated rings. The van der Waals surface area contributed by atoms with Crippen LogP contribution in [0.1, 0.15) is 0 Å². The molecule has 0 aliphatic carbocycles. The van der Waals surface area contributed by atoms with Gasteiger partial charge < -0.3 is 20.4 Å². The van der Waals surface area contributed by atoms with Crippen molar-refractivity contribution in [3.63, 3.8) is 0 Å². The van der Waals surface area contributed by atoms with Crippen molar-refractivity contribution in [2.75, 3.05) is 48.8 Å². The van der Waals surface area contributed by atoms with E-state index in [4.69, 9.17) is 11.6 Å². The summed E-state index contributed by atoms with van der Waals surface area (Å²) in [6.07, 6.45) is 3.21. The molecule has 1 aromatic carbocycles. The number of para-hydroxylation sites is 1. The van der Waals surface area contributed by atoms with Crippen molar-refractivity contribution >= 4 is 35.0 Å². The van der Waals surface area contributed by atoms with E-state index in [2.05, 4.69) is 37.4 Å². The summed E-state index contributed by atoms with van der Waals surface area (Å²) in [4.78, 5) is 25.1. The first-order valence-electron chi connectivity index (χ1n) is 7.70. The van der Waals surface area contributed by atoms with E-state index in [9.17, 15) is 4.79 Å². The van der Waals surface area contributed by atoms with Gasteiger partial charge in [0.05, 0.1) is 28.8 Å². The zero-order chi connectivity index (χ0) is 16.9. The Morgan fingerprint density at radius 2 is 1.75 bits per heavy atom. The topological polar surface area (TPSA) is 73.4 Å².